The van der Waals surface area contributed by atoms with Crippen molar-refractivity contribution in [1.29, 1.82) is 0 Å². The molecule has 0 aliphatic rings. The zero-order valence-electron chi connectivity index (χ0n) is 36.6. The smallest absolute Gasteiger partial charge is 1.00 e. The van der Waals surface area contributed by atoms with Crippen LogP contribution in [-0.4, -0.2) is 39.9 Å². The molecule has 6 heterocycles. The van der Waals surface area contributed by atoms with Crippen LogP contribution in [0, 0.1) is 0 Å². The molecule has 69 heavy (non-hydrogen) atoms. The third-order valence-corrected chi connectivity index (χ3v) is 11.7. The van der Waals surface area contributed by atoms with Gasteiger partial charge in [-0.2, -0.15) is 0 Å². The van der Waals surface area contributed by atoms with Crippen LogP contribution in [0.3, 0.4) is 0 Å². The van der Waals surface area contributed by atoms with Crippen LogP contribution in [0.25, 0.3) is 110 Å². The average Bonchev–Trinajstić information content (AvgIpc) is 3.41. The van der Waals surface area contributed by atoms with Crippen molar-refractivity contribution in [3.63, 3.8) is 0 Å². The maximum Gasteiger partial charge on any atom is 2.00 e. The Morgan fingerprint density at radius 1 is 0.203 bits per heavy atom. The predicted molar refractivity (Wildman–Crippen MR) is 268 cm³/mol. The molecule has 0 radical (unpaired) electrons. The van der Waals surface area contributed by atoms with Gasteiger partial charge in [-0.3, -0.25) is 39.9 Å². The van der Waals surface area contributed by atoms with Crippen LogP contribution in [0.15, 0.2) is 232 Å². The number of hydrogen-bond donors (Lipinski definition) is 0. The molecule has 0 saturated carbocycles. The Morgan fingerprint density at radius 2 is 0.435 bits per heavy atom. The van der Waals surface area contributed by atoms with E-state index in [0.29, 0.717) is 0 Å². The molecule has 8 nitrogen and oxygen atoms in total. The Bertz CT molecular complexity index is 3390. The molecule has 0 amide bonds. The Labute approximate surface area is 423 Å². The van der Waals surface area contributed by atoms with Crippen molar-refractivity contribution in [2.75, 3.05) is 0 Å². The zero-order chi connectivity index (χ0) is 44.1. The summed E-state index contributed by atoms with van der Waals surface area (Å²) in [7, 11) is 0. The SMILES string of the molecule is [Cl-].[Cl-].[Ru+2].c1ccc(-c2ccnc3c2ccc2c(-c4ccccc4)ccnc23)cc1.c1ccc(-c2ccnc3c2ccc2c(-c4ccccc4)ccnc23)cc1.c1cnc2c(ccc3nccnc32)n1. The van der Waals surface area contributed by atoms with Crippen LogP contribution >= 0.6 is 0 Å². The van der Waals surface area contributed by atoms with Crippen molar-refractivity contribution in [3.8, 4) is 44.5 Å². The molecule has 0 aliphatic heterocycles. The van der Waals surface area contributed by atoms with Crippen molar-refractivity contribution < 1.29 is 44.3 Å². The van der Waals surface area contributed by atoms with E-state index in [1.54, 1.807) is 24.8 Å². The Morgan fingerprint density at radius 3 is 0.696 bits per heavy atom. The number of aromatic nitrogens is 8. The molecule has 0 unspecified atom stereocenters. The van der Waals surface area contributed by atoms with E-state index in [1.807, 2.05) is 61.2 Å². The van der Waals surface area contributed by atoms with Crippen LogP contribution in [-0.2, 0) is 19.5 Å². The van der Waals surface area contributed by atoms with Crippen molar-refractivity contribution >= 4 is 65.7 Å². The van der Waals surface area contributed by atoms with Gasteiger partial charge in [0.2, 0.25) is 0 Å². The fourth-order valence-electron chi connectivity index (χ4n) is 8.60. The quantitative estimate of drug-likeness (QED) is 0.130. The Kier molecular flexibility index (Phi) is 15.0. The molecule has 13 rings (SSSR count). The summed E-state index contributed by atoms with van der Waals surface area (Å²) in [5.41, 5.74) is 16.6. The summed E-state index contributed by atoms with van der Waals surface area (Å²) < 4.78 is 0. The van der Waals surface area contributed by atoms with Gasteiger partial charge in [-0.15, -0.1) is 0 Å². The number of fused-ring (bicyclic) bond motifs is 9. The average molecular weight is 1020 g/mol. The maximum absolute atomic E-state index is 4.67. The van der Waals surface area contributed by atoms with Gasteiger partial charge in [0, 0.05) is 71.1 Å². The summed E-state index contributed by atoms with van der Waals surface area (Å²) in [6, 6.07) is 62.5. The molecule has 0 aliphatic carbocycles. The molecule has 0 spiro atoms. The van der Waals surface area contributed by atoms with Crippen molar-refractivity contribution in [3.05, 3.63) is 232 Å². The first-order chi connectivity index (χ1) is 32.8. The third kappa shape index (κ3) is 9.62. The summed E-state index contributed by atoms with van der Waals surface area (Å²) in [4.78, 5) is 35.6. The monoisotopic (exact) mass is 1020 g/mol. The fourth-order valence-corrected chi connectivity index (χ4v) is 8.60. The second-order valence-electron chi connectivity index (χ2n) is 15.5. The first-order valence-corrected chi connectivity index (χ1v) is 21.6. The first-order valence-electron chi connectivity index (χ1n) is 21.6. The van der Waals surface area contributed by atoms with Gasteiger partial charge in [0.15, 0.2) is 0 Å². The maximum atomic E-state index is 4.67. The van der Waals surface area contributed by atoms with Crippen LogP contribution in [0.4, 0.5) is 0 Å². The van der Waals surface area contributed by atoms with Gasteiger partial charge in [0.05, 0.1) is 33.1 Å². The van der Waals surface area contributed by atoms with Gasteiger partial charge in [0.1, 0.15) is 11.0 Å². The van der Waals surface area contributed by atoms with Gasteiger partial charge in [0.25, 0.3) is 0 Å². The molecule has 0 atom stereocenters. The fraction of sp³-hybridized carbons (Fsp3) is 0. The molecule has 0 saturated heterocycles. The van der Waals surface area contributed by atoms with E-state index in [-0.39, 0.29) is 44.3 Å². The van der Waals surface area contributed by atoms with E-state index < -0.39 is 0 Å². The summed E-state index contributed by atoms with van der Waals surface area (Å²) >= 11 is 0. The number of pyridine rings is 4. The number of rotatable bonds is 4. The van der Waals surface area contributed by atoms with Gasteiger partial charge in [-0.05, 0) is 80.9 Å². The van der Waals surface area contributed by atoms with Crippen molar-refractivity contribution in [2.24, 2.45) is 0 Å². The van der Waals surface area contributed by atoms with E-state index in [2.05, 4.69) is 185 Å². The predicted octanol–water partition coefficient (Wildman–Crippen LogP) is 7.81. The van der Waals surface area contributed by atoms with Gasteiger partial charge < -0.3 is 24.8 Å². The second kappa shape index (κ2) is 21.8. The Hall–Kier alpha value is -7.94. The van der Waals surface area contributed by atoms with Crippen LogP contribution < -0.4 is 24.8 Å². The zero-order valence-corrected chi connectivity index (χ0v) is 39.9. The molecule has 0 fully saturated rings. The molecule has 11 heteroatoms. The minimum absolute atomic E-state index is 0. The van der Waals surface area contributed by atoms with Crippen LogP contribution in [0.5, 0.6) is 0 Å². The number of hydrogen-bond acceptors (Lipinski definition) is 8. The second-order valence-corrected chi connectivity index (χ2v) is 15.5. The summed E-state index contributed by atoms with van der Waals surface area (Å²) in [6.07, 6.45) is 14.2. The van der Waals surface area contributed by atoms with Gasteiger partial charge >= 0.3 is 19.5 Å². The molecule has 0 N–H and O–H groups in total. The summed E-state index contributed by atoms with van der Waals surface area (Å²) in [5, 5.41) is 4.51. The van der Waals surface area contributed by atoms with Crippen molar-refractivity contribution in [2.45, 2.75) is 0 Å². The van der Waals surface area contributed by atoms with E-state index in [1.165, 1.54) is 44.5 Å². The molecule has 6 aromatic heterocycles. The van der Waals surface area contributed by atoms with Gasteiger partial charge in [-0.25, -0.2) is 0 Å². The minimum Gasteiger partial charge on any atom is -1.00 e. The van der Waals surface area contributed by atoms with Crippen LogP contribution in [0.1, 0.15) is 0 Å². The molecule has 332 valence electrons. The van der Waals surface area contributed by atoms with E-state index in [4.69, 9.17) is 0 Å². The number of halogens is 2. The number of nitrogens with zero attached hydrogens (tertiary/aromatic N) is 8. The number of benzene rings is 7. The molecule has 0 bridgehead atoms. The van der Waals surface area contributed by atoms with E-state index in [9.17, 15) is 0 Å². The molecule has 7 aromatic carbocycles. The van der Waals surface area contributed by atoms with E-state index in [0.717, 1.165) is 65.7 Å². The summed E-state index contributed by atoms with van der Waals surface area (Å²) in [5.74, 6) is 0. The van der Waals surface area contributed by atoms with Crippen molar-refractivity contribution in [1.82, 2.24) is 39.9 Å². The molecule has 13 aromatic rings. The van der Waals surface area contributed by atoms with E-state index >= 15 is 0 Å². The Balaban J connectivity index is 0.000000142. The standard InChI is InChI=1S/2C24H16N2.C10H6N4.2ClH.Ru/c2*1-3-7-17(8-4-1)19-13-15-25-23-21(19)11-12-22-20(14-16-26-24(22)23)18-9-5-2-6-10-18;1-2-8-10(14-6-4-12-8)9-7(1)11-3-5-13-9;;;/h2*1-16H;1-6H;2*1H;/q;;;;;+2/p-2. The molecular formula is C58H38Cl2N8Ru. The molecular weight excluding hydrogens is 981 g/mol. The van der Waals surface area contributed by atoms with Gasteiger partial charge in [-0.1, -0.05) is 146 Å². The third-order valence-electron chi connectivity index (χ3n) is 11.7. The largest absolute Gasteiger partial charge is 2.00 e. The summed E-state index contributed by atoms with van der Waals surface area (Å²) in [6.45, 7) is 0. The first kappa shape index (κ1) is 47.6. The minimum atomic E-state index is 0. The van der Waals surface area contributed by atoms with Crippen LogP contribution in [0.2, 0.25) is 0 Å². The normalized spacial score (nSPS) is 10.6. The topological polar surface area (TPSA) is 103 Å².